The molecule has 9 heteroatoms. The molecule has 0 aromatic heterocycles. The van der Waals surface area contributed by atoms with Crippen LogP contribution in [0, 0.1) is 0 Å². The van der Waals surface area contributed by atoms with Crippen molar-refractivity contribution >= 4 is 36.2 Å². The number of fused-ring (bicyclic) bond motifs is 1. The van der Waals surface area contributed by atoms with Gasteiger partial charge in [-0.25, -0.2) is 13.2 Å². The second-order valence-corrected chi connectivity index (χ2v) is 8.83. The van der Waals surface area contributed by atoms with E-state index in [0.717, 1.165) is 0 Å². The second-order valence-electron chi connectivity index (χ2n) is 6.56. The summed E-state index contributed by atoms with van der Waals surface area (Å²) in [6.45, 7) is 1.90. The highest BCUT2D eigenvalue weighted by molar-refractivity contribution is 7.91. The molecular formula is C22H23O7PS. The monoisotopic (exact) mass is 462 g/mol. The van der Waals surface area contributed by atoms with Gasteiger partial charge in [0, 0.05) is 20.2 Å². The number of hydrogen-bond donors (Lipinski definition) is 0. The fourth-order valence-electron chi connectivity index (χ4n) is 3.02. The third-order valence-electron chi connectivity index (χ3n) is 4.41. The van der Waals surface area contributed by atoms with Crippen molar-refractivity contribution in [3.8, 4) is 11.5 Å². The smallest absolute Gasteiger partial charge is 0.491 e. The van der Waals surface area contributed by atoms with E-state index in [1.807, 2.05) is 18.2 Å². The van der Waals surface area contributed by atoms with Crippen LogP contribution in [-0.2, 0) is 19.1 Å². The Kier molecular flexibility index (Phi) is 7.85. The minimum absolute atomic E-state index is 0.0642. The Morgan fingerprint density at radius 2 is 1.68 bits per heavy atom. The second kappa shape index (κ2) is 10.6. The maximum Gasteiger partial charge on any atom is 0.513 e. The van der Waals surface area contributed by atoms with Crippen LogP contribution >= 0.6 is 9.47 Å². The Morgan fingerprint density at radius 3 is 2.39 bits per heavy atom. The molecule has 0 bridgehead atoms. The molecule has 0 saturated heterocycles. The van der Waals surface area contributed by atoms with E-state index in [1.165, 1.54) is 6.07 Å². The average Bonchev–Trinajstić information content (AvgIpc) is 2.77. The molecule has 3 rings (SSSR count). The van der Waals surface area contributed by atoms with Crippen LogP contribution in [0.1, 0.15) is 6.92 Å². The summed E-state index contributed by atoms with van der Waals surface area (Å²) in [7, 11) is -1.65. The molecule has 0 N–H and O–H groups in total. The highest BCUT2D eigenvalue weighted by Crippen LogP contribution is 2.31. The molecule has 0 saturated carbocycles. The molecule has 3 aromatic rings. The minimum atomic E-state index is -3.75. The van der Waals surface area contributed by atoms with Crippen molar-refractivity contribution in [1.29, 1.82) is 0 Å². The van der Waals surface area contributed by atoms with E-state index < -0.39 is 22.1 Å². The summed E-state index contributed by atoms with van der Waals surface area (Å²) in [5.41, 5.74) is 0. The molecule has 7 nitrogen and oxygen atoms in total. The van der Waals surface area contributed by atoms with Crippen molar-refractivity contribution < 1.29 is 31.9 Å². The van der Waals surface area contributed by atoms with E-state index in [1.54, 1.807) is 49.4 Å². The predicted octanol–water partition coefficient (Wildman–Crippen LogP) is 4.40. The van der Waals surface area contributed by atoms with E-state index in [-0.39, 0.29) is 29.6 Å². The fourth-order valence-corrected chi connectivity index (χ4v) is 4.97. The van der Waals surface area contributed by atoms with Gasteiger partial charge in [-0.3, -0.25) is 0 Å². The van der Waals surface area contributed by atoms with Crippen molar-refractivity contribution in [2.45, 2.75) is 17.9 Å². The van der Waals surface area contributed by atoms with E-state index >= 15 is 0 Å². The lowest BCUT2D eigenvalue weighted by molar-refractivity contribution is 0.105. The number of carbonyl (C=O) groups is 1. The van der Waals surface area contributed by atoms with Crippen molar-refractivity contribution in [3.05, 3.63) is 66.7 Å². The van der Waals surface area contributed by atoms with Gasteiger partial charge >= 0.3 is 6.16 Å². The van der Waals surface area contributed by atoms with Crippen LogP contribution in [0.5, 0.6) is 11.5 Å². The number of benzene rings is 3. The Bertz CT molecular complexity index is 1130. The van der Waals surface area contributed by atoms with Crippen LogP contribution in [0.25, 0.3) is 10.8 Å². The number of carbonyl (C=O) groups excluding carboxylic acids is 1. The summed E-state index contributed by atoms with van der Waals surface area (Å²) >= 11 is 0. The number of ether oxygens (including phenoxy) is 3. The summed E-state index contributed by atoms with van der Waals surface area (Å²) in [5.74, 6) is 0.558. The van der Waals surface area contributed by atoms with Gasteiger partial charge in [-0.05, 0) is 31.2 Å². The first kappa shape index (κ1) is 23.0. The Balaban J connectivity index is 1.84. The lowest BCUT2D eigenvalue weighted by Gasteiger charge is -2.17. The van der Waals surface area contributed by atoms with Crippen LogP contribution in [-0.4, -0.2) is 39.6 Å². The van der Waals surface area contributed by atoms with Gasteiger partial charge in [0.15, 0.2) is 9.84 Å². The molecule has 0 fully saturated rings. The van der Waals surface area contributed by atoms with Crippen LogP contribution in [0.2, 0.25) is 0 Å². The van der Waals surface area contributed by atoms with Crippen molar-refractivity contribution in [1.82, 2.24) is 0 Å². The van der Waals surface area contributed by atoms with Crippen LogP contribution in [0.3, 0.4) is 0 Å². The quantitative estimate of drug-likeness (QED) is 0.265. The van der Waals surface area contributed by atoms with Gasteiger partial charge < -0.3 is 18.7 Å². The first-order chi connectivity index (χ1) is 14.9. The van der Waals surface area contributed by atoms with Gasteiger partial charge in [0.1, 0.15) is 24.2 Å². The number of para-hydroxylation sites is 1. The standard InChI is InChI=1S/C22H23O7PS/c1-2-26-22(23)28-20-12-6-11-19-18(20)10-7-13-21(19)31(24,25)15-17(29-30)14-27-16-8-4-3-5-9-16/h3-13,17H,2,14-15,30H2,1H3. The lowest BCUT2D eigenvalue weighted by atomic mass is 10.1. The molecule has 0 radical (unpaired) electrons. The number of hydrogen-bond acceptors (Lipinski definition) is 7. The minimum Gasteiger partial charge on any atom is -0.491 e. The Labute approximate surface area is 183 Å². The predicted molar refractivity (Wildman–Crippen MR) is 120 cm³/mol. The summed E-state index contributed by atoms with van der Waals surface area (Å²) in [6, 6.07) is 18.8. The van der Waals surface area contributed by atoms with E-state index in [0.29, 0.717) is 16.5 Å². The van der Waals surface area contributed by atoms with Crippen molar-refractivity contribution in [3.63, 3.8) is 0 Å². The first-order valence-electron chi connectivity index (χ1n) is 9.57. The molecule has 3 aromatic carbocycles. The lowest BCUT2D eigenvalue weighted by Crippen LogP contribution is -2.28. The maximum absolute atomic E-state index is 13.2. The largest absolute Gasteiger partial charge is 0.513 e. The molecule has 0 aliphatic heterocycles. The zero-order chi connectivity index (χ0) is 22.3. The molecule has 0 amide bonds. The van der Waals surface area contributed by atoms with Crippen LogP contribution in [0.4, 0.5) is 4.79 Å². The van der Waals surface area contributed by atoms with Gasteiger partial charge in [-0.15, -0.1) is 0 Å². The zero-order valence-electron chi connectivity index (χ0n) is 16.9. The van der Waals surface area contributed by atoms with Gasteiger partial charge in [-0.2, -0.15) is 0 Å². The van der Waals surface area contributed by atoms with Crippen molar-refractivity contribution in [2.24, 2.45) is 0 Å². The highest BCUT2D eigenvalue weighted by Gasteiger charge is 2.24. The van der Waals surface area contributed by atoms with E-state index in [9.17, 15) is 13.2 Å². The molecule has 2 atom stereocenters. The molecule has 0 aliphatic rings. The Morgan fingerprint density at radius 1 is 0.968 bits per heavy atom. The summed E-state index contributed by atoms with van der Waals surface area (Å²) in [6.07, 6.45) is -1.55. The SMILES string of the molecule is CCOC(=O)Oc1cccc2c(S(=O)(=O)CC(COc3ccccc3)OP)cccc12. The first-order valence-corrected chi connectivity index (χ1v) is 11.7. The molecule has 164 valence electrons. The molecule has 0 aliphatic carbocycles. The topological polar surface area (TPSA) is 88.1 Å². The van der Waals surface area contributed by atoms with Gasteiger partial charge in [0.25, 0.3) is 0 Å². The van der Waals surface area contributed by atoms with E-state index in [4.69, 9.17) is 18.7 Å². The zero-order valence-corrected chi connectivity index (χ0v) is 18.9. The normalized spacial score (nSPS) is 12.3. The average molecular weight is 462 g/mol. The summed E-state index contributed by atoms with van der Waals surface area (Å²) < 4.78 is 47.3. The molecule has 0 heterocycles. The number of rotatable bonds is 9. The highest BCUT2D eigenvalue weighted by atomic mass is 32.2. The van der Waals surface area contributed by atoms with Crippen LogP contribution in [0.15, 0.2) is 71.6 Å². The Hall–Kier alpha value is -2.67. The van der Waals surface area contributed by atoms with Crippen molar-refractivity contribution in [2.75, 3.05) is 19.0 Å². The molecule has 31 heavy (non-hydrogen) atoms. The van der Waals surface area contributed by atoms with Crippen LogP contribution < -0.4 is 9.47 Å². The van der Waals surface area contributed by atoms with E-state index in [2.05, 4.69) is 9.47 Å². The molecule has 0 spiro atoms. The summed E-state index contributed by atoms with van der Waals surface area (Å²) in [5, 5.41) is 0.927. The van der Waals surface area contributed by atoms with Gasteiger partial charge in [0.05, 0.1) is 17.3 Å². The maximum atomic E-state index is 13.2. The number of sulfone groups is 1. The van der Waals surface area contributed by atoms with Gasteiger partial charge in [0.2, 0.25) is 0 Å². The third-order valence-corrected chi connectivity index (χ3v) is 6.63. The molecule has 2 unspecified atom stereocenters. The fraction of sp³-hybridized carbons (Fsp3) is 0.227. The summed E-state index contributed by atoms with van der Waals surface area (Å²) in [4.78, 5) is 11.8. The third kappa shape index (κ3) is 5.94. The molecular weight excluding hydrogens is 439 g/mol. The van der Waals surface area contributed by atoms with Gasteiger partial charge in [-0.1, -0.05) is 42.5 Å².